The van der Waals surface area contributed by atoms with Crippen molar-refractivity contribution in [1.29, 1.82) is 0 Å². The molecule has 0 bridgehead atoms. The van der Waals surface area contributed by atoms with E-state index in [-0.39, 0.29) is 12.1 Å². The van der Waals surface area contributed by atoms with Gasteiger partial charge in [-0.2, -0.15) is 0 Å². The highest BCUT2D eigenvalue weighted by Gasteiger charge is 2.35. The summed E-state index contributed by atoms with van der Waals surface area (Å²) in [6, 6.07) is 9.48. The number of amides is 2. The highest BCUT2D eigenvalue weighted by Crippen LogP contribution is 2.41. The molecule has 1 fully saturated rings. The topological polar surface area (TPSA) is 114 Å². The minimum atomic E-state index is -1.07. The van der Waals surface area contributed by atoms with Crippen LogP contribution in [0.2, 0.25) is 0 Å². The van der Waals surface area contributed by atoms with Crippen LogP contribution in [0.1, 0.15) is 29.2 Å². The maximum absolute atomic E-state index is 13.7. The fourth-order valence-corrected chi connectivity index (χ4v) is 5.38. The van der Waals surface area contributed by atoms with E-state index in [4.69, 9.17) is 24.1 Å². The van der Waals surface area contributed by atoms with E-state index in [9.17, 15) is 9.59 Å². The summed E-state index contributed by atoms with van der Waals surface area (Å²) >= 11 is 0. The number of morpholine rings is 1. The number of nitrogens with zero attached hydrogens (tertiary/aromatic N) is 2. The van der Waals surface area contributed by atoms with Crippen LogP contribution in [-0.4, -0.2) is 85.6 Å². The Balaban J connectivity index is 1.49. The number of carbonyl (C=O) groups is 2. The van der Waals surface area contributed by atoms with Gasteiger partial charge < -0.3 is 38.8 Å². The first-order valence-electron chi connectivity index (χ1n) is 12.8. The van der Waals surface area contributed by atoms with Gasteiger partial charge in [-0.05, 0) is 66.3 Å². The zero-order valence-corrected chi connectivity index (χ0v) is 21.7. The number of H-pyrrole nitrogens is 1. The van der Waals surface area contributed by atoms with Gasteiger partial charge in [0.15, 0.2) is 18.1 Å². The van der Waals surface area contributed by atoms with Crippen molar-refractivity contribution in [2.75, 3.05) is 53.7 Å². The Bertz CT molecular complexity index is 1320. The Kier molecular flexibility index (Phi) is 7.59. The molecular formula is C28H33N3O7. The third-order valence-electron chi connectivity index (χ3n) is 7.32. The second kappa shape index (κ2) is 11.2. The summed E-state index contributed by atoms with van der Waals surface area (Å²) < 4.78 is 22.0. The number of hydrogen-bond acceptors (Lipinski definition) is 6. The van der Waals surface area contributed by atoms with Crippen LogP contribution in [0.15, 0.2) is 36.5 Å². The van der Waals surface area contributed by atoms with Gasteiger partial charge in [-0.15, -0.1) is 0 Å². The Morgan fingerprint density at radius 2 is 1.89 bits per heavy atom. The van der Waals surface area contributed by atoms with Crippen molar-refractivity contribution < 1.29 is 33.6 Å². The van der Waals surface area contributed by atoms with Crippen LogP contribution in [0, 0.1) is 0 Å². The van der Waals surface area contributed by atoms with E-state index in [1.807, 2.05) is 46.3 Å². The molecular weight excluding hydrogens is 490 g/mol. The van der Waals surface area contributed by atoms with Crippen LogP contribution >= 0.6 is 0 Å². The second-order valence-corrected chi connectivity index (χ2v) is 9.49. The van der Waals surface area contributed by atoms with E-state index in [0.29, 0.717) is 57.2 Å². The highest BCUT2D eigenvalue weighted by atomic mass is 16.5. The zero-order chi connectivity index (χ0) is 26.6. The average Bonchev–Trinajstić information content (AvgIpc) is 3.36. The zero-order valence-electron chi connectivity index (χ0n) is 21.7. The van der Waals surface area contributed by atoms with Crippen molar-refractivity contribution in [3.63, 3.8) is 0 Å². The van der Waals surface area contributed by atoms with Crippen LogP contribution in [0.4, 0.5) is 4.79 Å². The fourth-order valence-electron chi connectivity index (χ4n) is 5.38. The lowest BCUT2D eigenvalue weighted by atomic mass is 9.88. The second-order valence-electron chi connectivity index (χ2n) is 9.49. The van der Waals surface area contributed by atoms with Gasteiger partial charge in [0.1, 0.15) is 5.75 Å². The number of aliphatic carboxylic acids is 1. The summed E-state index contributed by atoms with van der Waals surface area (Å²) in [6.45, 7) is 2.28. The summed E-state index contributed by atoms with van der Waals surface area (Å²) in [5.41, 5.74) is 4.19. The first kappa shape index (κ1) is 25.7. The number of rotatable bonds is 8. The molecule has 2 N–H and O–H groups in total. The summed E-state index contributed by atoms with van der Waals surface area (Å²) in [5.74, 6) is 0.564. The Hall–Kier alpha value is -3.92. The summed E-state index contributed by atoms with van der Waals surface area (Å²) in [6.07, 6.45) is 4.08. The molecule has 2 aromatic carbocycles. The number of aryl methyl sites for hydroxylation is 1. The molecule has 1 aromatic heterocycles. The van der Waals surface area contributed by atoms with Gasteiger partial charge in [0, 0.05) is 36.7 Å². The van der Waals surface area contributed by atoms with E-state index in [2.05, 4.69) is 4.98 Å². The molecule has 0 aliphatic carbocycles. The molecule has 1 atom stereocenters. The van der Waals surface area contributed by atoms with E-state index >= 15 is 0 Å². The van der Waals surface area contributed by atoms with Crippen molar-refractivity contribution in [3.05, 3.63) is 53.2 Å². The minimum Gasteiger partial charge on any atom is -0.497 e. The molecule has 3 aromatic rings. The number of carboxylic acids is 1. The number of hydrogen-bond donors (Lipinski definition) is 2. The Morgan fingerprint density at radius 3 is 2.63 bits per heavy atom. The van der Waals surface area contributed by atoms with Gasteiger partial charge in [0.25, 0.3) is 0 Å². The predicted octanol–water partition coefficient (Wildman–Crippen LogP) is 3.63. The molecule has 5 rings (SSSR count). The lowest BCUT2D eigenvalue weighted by Crippen LogP contribution is -2.51. The maximum atomic E-state index is 13.7. The molecule has 1 unspecified atom stereocenters. The van der Waals surface area contributed by atoms with Gasteiger partial charge in [-0.1, -0.05) is 0 Å². The molecule has 202 valence electrons. The smallest absolute Gasteiger partial charge is 0.341 e. The molecule has 3 heterocycles. The van der Waals surface area contributed by atoms with Gasteiger partial charge in [0.2, 0.25) is 0 Å². The van der Waals surface area contributed by atoms with Crippen LogP contribution in [-0.2, 0) is 22.4 Å². The Morgan fingerprint density at radius 1 is 1.08 bits per heavy atom. The van der Waals surface area contributed by atoms with Gasteiger partial charge >= 0.3 is 12.0 Å². The standard InChI is InChI=1S/C28H33N3O7/c1-35-20-4-5-23-21(14-20)19(16-29-23)3-6-24-22-15-26(38-17-27(32)33)25(36-2)13-18(22)7-8-31(24)28(34)30-9-11-37-12-10-30/h4-5,13-16,24,29H,3,6-12,17H2,1-2H3,(H,32,33). The number of ether oxygens (including phenoxy) is 4. The van der Waals surface area contributed by atoms with E-state index in [1.165, 1.54) is 7.11 Å². The van der Waals surface area contributed by atoms with Gasteiger partial charge in [0.05, 0.1) is 33.5 Å². The van der Waals surface area contributed by atoms with Crippen LogP contribution in [0.25, 0.3) is 10.9 Å². The molecule has 10 heteroatoms. The number of fused-ring (bicyclic) bond motifs is 2. The normalized spacial score (nSPS) is 17.3. The third-order valence-corrected chi connectivity index (χ3v) is 7.32. The molecule has 1 saturated heterocycles. The molecule has 2 aliphatic heterocycles. The number of aromatic amines is 1. The van der Waals surface area contributed by atoms with Crippen molar-refractivity contribution >= 4 is 22.9 Å². The van der Waals surface area contributed by atoms with Crippen molar-refractivity contribution in [2.24, 2.45) is 0 Å². The number of urea groups is 1. The predicted molar refractivity (Wildman–Crippen MR) is 140 cm³/mol. The lowest BCUT2D eigenvalue weighted by molar-refractivity contribution is -0.139. The van der Waals surface area contributed by atoms with E-state index in [1.54, 1.807) is 7.11 Å². The highest BCUT2D eigenvalue weighted by molar-refractivity contribution is 5.84. The fraction of sp³-hybridized carbons (Fsp3) is 0.429. The molecule has 2 aliphatic rings. The summed E-state index contributed by atoms with van der Waals surface area (Å²) in [4.78, 5) is 32.0. The summed E-state index contributed by atoms with van der Waals surface area (Å²) in [7, 11) is 3.19. The lowest BCUT2D eigenvalue weighted by Gasteiger charge is -2.41. The van der Waals surface area contributed by atoms with E-state index in [0.717, 1.165) is 39.8 Å². The number of carbonyl (C=O) groups excluding carboxylic acids is 1. The number of benzene rings is 2. The summed E-state index contributed by atoms with van der Waals surface area (Å²) in [5, 5.41) is 10.2. The SMILES string of the molecule is COc1ccc2[nH]cc(CCC3c4cc(OCC(=O)O)c(OC)cc4CCN3C(=O)N3CCOCC3)c2c1. The van der Waals surface area contributed by atoms with Gasteiger partial charge in [-0.3, -0.25) is 0 Å². The van der Waals surface area contributed by atoms with E-state index < -0.39 is 12.6 Å². The first-order valence-corrected chi connectivity index (χ1v) is 12.8. The number of nitrogens with one attached hydrogen (secondary N) is 1. The third kappa shape index (κ3) is 5.22. The van der Waals surface area contributed by atoms with Crippen molar-refractivity contribution in [1.82, 2.24) is 14.8 Å². The molecule has 0 radical (unpaired) electrons. The number of methoxy groups -OCH3 is 2. The maximum Gasteiger partial charge on any atom is 0.341 e. The van der Waals surface area contributed by atoms with Crippen molar-refractivity contribution in [2.45, 2.75) is 25.3 Å². The molecule has 0 spiro atoms. The van der Waals surface area contributed by atoms with Crippen LogP contribution in [0.5, 0.6) is 17.2 Å². The monoisotopic (exact) mass is 523 g/mol. The minimum absolute atomic E-state index is 0.00614. The first-order chi connectivity index (χ1) is 18.5. The Labute approximate surface area is 221 Å². The molecule has 10 nitrogen and oxygen atoms in total. The molecule has 0 saturated carbocycles. The van der Waals surface area contributed by atoms with Crippen LogP contribution < -0.4 is 14.2 Å². The van der Waals surface area contributed by atoms with Gasteiger partial charge in [-0.25, -0.2) is 9.59 Å². The number of carboxylic acid groups (broad SMARTS) is 1. The quantitative estimate of drug-likeness (QED) is 0.464. The molecule has 38 heavy (non-hydrogen) atoms. The average molecular weight is 524 g/mol. The van der Waals surface area contributed by atoms with Crippen LogP contribution in [0.3, 0.4) is 0 Å². The molecule has 2 amide bonds. The number of aromatic nitrogens is 1. The largest absolute Gasteiger partial charge is 0.497 e. The van der Waals surface area contributed by atoms with Crippen molar-refractivity contribution in [3.8, 4) is 17.2 Å².